The molecule has 11 heteroatoms. The van der Waals surface area contributed by atoms with Crippen molar-refractivity contribution in [2.75, 3.05) is 7.11 Å². The Balaban J connectivity index is 1.48. The Morgan fingerprint density at radius 3 is 2.41 bits per heavy atom. The third kappa shape index (κ3) is 5.03. The molecule has 2 heterocycles. The molecule has 0 aliphatic rings. The summed E-state index contributed by atoms with van der Waals surface area (Å²) < 4.78 is 44.5. The van der Waals surface area contributed by atoms with Gasteiger partial charge in [-0.1, -0.05) is 24.3 Å². The van der Waals surface area contributed by atoms with Crippen molar-refractivity contribution < 1.29 is 22.7 Å². The molecular formula is C23H18F3N5O3. The van der Waals surface area contributed by atoms with Gasteiger partial charge in [-0.05, 0) is 29.8 Å². The number of rotatable bonds is 6. The van der Waals surface area contributed by atoms with Crippen molar-refractivity contribution in [1.29, 1.82) is 0 Å². The highest BCUT2D eigenvalue weighted by atomic mass is 19.4. The smallest absolute Gasteiger partial charge is 0.416 e. The zero-order valence-corrected chi connectivity index (χ0v) is 17.8. The number of nitrogens with one attached hydrogen (secondary N) is 1. The maximum atomic E-state index is 12.8. The molecule has 2 aromatic carbocycles. The van der Waals surface area contributed by atoms with Crippen molar-refractivity contribution in [3.05, 3.63) is 82.5 Å². The predicted molar refractivity (Wildman–Crippen MR) is 117 cm³/mol. The van der Waals surface area contributed by atoms with E-state index in [0.29, 0.717) is 11.3 Å². The van der Waals surface area contributed by atoms with E-state index in [9.17, 15) is 22.8 Å². The topological polar surface area (TPSA) is 99.0 Å². The van der Waals surface area contributed by atoms with E-state index >= 15 is 0 Å². The summed E-state index contributed by atoms with van der Waals surface area (Å²) in [5.41, 5.74) is -0.0159. The minimum absolute atomic E-state index is 0.0739. The maximum Gasteiger partial charge on any atom is 0.416 e. The van der Waals surface area contributed by atoms with Crippen LogP contribution in [-0.4, -0.2) is 32.5 Å². The van der Waals surface area contributed by atoms with Crippen LogP contribution in [0.1, 0.15) is 11.1 Å². The highest BCUT2D eigenvalue weighted by Crippen LogP contribution is 2.30. The van der Waals surface area contributed by atoms with Crippen molar-refractivity contribution >= 4 is 16.9 Å². The molecule has 1 amide bonds. The van der Waals surface area contributed by atoms with Gasteiger partial charge in [-0.2, -0.15) is 13.2 Å². The van der Waals surface area contributed by atoms with Crippen LogP contribution in [0.4, 0.5) is 13.2 Å². The molecule has 4 rings (SSSR count). The molecule has 8 nitrogen and oxygen atoms in total. The van der Waals surface area contributed by atoms with E-state index < -0.39 is 17.3 Å². The van der Waals surface area contributed by atoms with E-state index in [1.165, 1.54) is 24.7 Å². The number of hydrogen-bond donors (Lipinski definition) is 1. The largest absolute Gasteiger partial charge is 0.497 e. The number of hydrogen-bond acceptors (Lipinski definition) is 6. The number of methoxy groups -OCH3 is 1. The van der Waals surface area contributed by atoms with Gasteiger partial charge in [0.05, 0.1) is 12.7 Å². The summed E-state index contributed by atoms with van der Waals surface area (Å²) in [5, 5.41) is 2.81. The van der Waals surface area contributed by atoms with E-state index in [0.717, 1.165) is 22.3 Å². The Labute approximate surface area is 191 Å². The van der Waals surface area contributed by atoms with E-state index in [1.807, 2.05) is 12.1 Å². The summed E-state index contributed by atoms with van der Waals surface area (Å²) in [6.45, 7) is 0.0246. The molecular weight excluding hydrogens is 451 g/mol. The first-order valence-electron chi connectivity index (χ1n) is 10.0. The molecule has 0 unspecified atom stereocenters. The Morgan fingerprint density at radius 2 is 1.76 bits per heavy atom. The molecule has 0 spiro atoms. The molecule has 0 saturated carbocycles. The number of nitrogens with zero attached hydrogens (tertiary/aromatic N) is 4. The molecule has 0 atom stereocenters. The van der Waals surface area contributed by atoms with Crippen LogP contribution in [0.25, 0.3) is 22.4 Å². The van der Waals surface area contributed by atoms with Gasteiger partial charge in [0.1, 0.15) is 24.0 Å². The second-order valence-electron chi connectivity index (χ2n) is 7.31. The third-order valence-corrected chi connectivity index (χ3v) is 5.01. The summed E-state index contributed by atoms with van der Waals surface area (Å²) in [6, 6.07) is 11.5. The quantitative estimate of drug-likeness (QED) is 0.466. The van der Waals surface area contributed by atoms with Crippen molar-refractivity contribution in [2.24, 2.45) is 0 Å². The average molecular weight is 469 g/mol. The number of halogens is 3. The minimum atomic E-state index is -4.45. The van der Waals surface area contributed by atoms with E-state index in [1.54, 1.807) is 19.2 Å². The fourth-order valence-corrected chi connectivity index (χ4v) is 3.17. The number of benzene rings is 2. The molecule has 2 aromatic heterocycles. The van der Waals surface area contributed by atoms with Gasteiger partial charge in [0.2, 0.25) is 5.91 Å². The molecule has 0 saturated heterocycles. The van der Waals surface area contributed by atoms with Crippen molar-refractivity contribution in [3.63, 3.8) is 0 Å². The van der Waals surface area contributed by atoms with E-state index in [4.69, 9.17) is 4.74 Å². The van der Waals surface area contributed by atoms with Crippen molar-refractivity contribution in [2.45, 2.75) is 19.3 Å². The molecule has 0 bridgehead atoms. The monoisotopic (exact) mass is 469 g/mol. The van der Waals surface area contributed by atoms with Crippen LogP contribution >= 0.6 is 0 Å². The first-order valence-corrected chi connectivity index (χ1v) is 10.0. The van der Waals surface area contributed by atoms with Crippen LogP contribution < -0.4 is 15.6 Å². The fourth-order valence-electron chi connectivity index (χ4n) is 3.17. The fraction of sp³-hybridized carbons (Fsp3) is 0.174. The summed E-state index contributed by atoms with van der Waals surface area (Å²) in [7, 11) is 1.56. The summed E-state index contributed by atoms with van der Waals surface area (Å²) >= 11 is 0. The van der Waals surface area contributed by atoms with Crippen molar-refractivity contribution in [3.8, 4) is 17.1 Å². The summed E-state index contributed by atoms with van der Waals surface area (Å²) in [6.07, 6.45) is -2.01. The number of amides is 1. The molecule has 0 aliphatic heterocycles. The van der Waals surface area contributed by atoms with E-state index in [-0.39, 0.29) is 35.9 Å². The predicted octanol–water partition coefficient (Wildman–Crippen LogP) is 3.20. The van der Waals surface area contributed by atoms with Crippen LogP contribution in [0.15, 0.2) is 65.8 Å². The normalized spacial score (nSPS) is 11.4. The summed E-state index contributed by atoms with van der Waals surface area (Å²) in [5.74, 6) is 0.442. The van der Waals surface area contributed by atoms with Gasteiger partial charge in [0.25, 0.3) is 5.56 Å². The Kier molecular flexibility index (Phi) is 6.26. The number of fused-ring (bicyclic) bond motifs is 1. The Morgan fingerprint density at radius 1 is 1.06 bits per heavy atom. The average Bonchev–Trinajstić information content (AvgIpc) is 2.84. The number of alkyl halides is 3. The van der Waals surface area contributed by atoms with Crippen LogP contribution in [0.3, 0.4) is 0 Å². The first kappa shape index (κ1) is 22.9. The standard InChI is InChI=1S/C23H18F3N5O3/c1-34-17-8-2-14(3-9-17)10-27-19(32)12-31-13-29-21-18(22(31)33)11-28-20(30-21)15-4-6-16(7-5-15)23(24,25)26/h2-9,11,13H,10,12H2,1H3,(H,27,32). The van der Waals surface area contributed by atoms with Gasteiger partial charge in [0, 0.05) is 18.3 Å². The molecule has 174 valence electrons. The number of carbonyl (C=O) groups excluding carboxylic acids is 1. The van der Waals surface area contributed by atoms with Crippen LogP contribution in [0.5, 0.6) is 5.75 Å². The molecule has 0 aliphatic carbocycles. The van der Waals surface area contributed by atoms with Crippen molar-refractivity contribution in [1.82, 2.24) is 24.8 Å². The number of aromatic nitrogens is 4. The minimum Gasteiger partial charge on any atom is -0.497 e. The lowest BCUT2D eigenvalue weighted by molar-refractivity contribution is -0.137. The second kappa shape index (κ2) is 9.30. The lowest BCUT2D eigenvalue weighted by Crippen LogP contribution is -2.32. The first-order chi connectivity index (χ1) is 16.2. The zero-order chi connectivity index (χ0) is 24.3. The maximum absolute atomic E-state index is 12.8. The number of ether oxygens (including phenoxy) is 1. The van der Waals surface area contributed by atoms with Gasteiger partial charge < -0.3 is 10.1 Å². The SMILES string of the molecule is COc1ccc(CNC(=O)Cn2cnc3nc(-c4ccc(C(F)(F)F)cc4)ncc3c2=O)cc1. The van der Waals surface area contributed by atoms with Gasteiger partial charge >= 0.3 is 6.18 Å². The Hall–Kier alpha value is -4.28. The summed E-state index contributed by atoms with van der Waals surface area (Å²) in [4.78, 5) is 37.4. The molecule has 0 radical (unpaired) electrons. The van der Waals surface area contributed by atoms with Gasteiger partial charge in [-0.25, -0.2) is 15.0 Å². The van der Waals surface area contributed by atoms with Gasteiger partial charge in [0.15, 0.2) is 11.5 Å². The van der Waals surface area contributed by atoms with Crippen LogP contribution in [0.2, 0.25) is 0 Å². The number of carbonyl (C=O) groups is 1. The van der Waals surface area contributed by atoms with Gasteiger partial charge in [-0.3, -0.25) is 14.2 Å². The van der Waals surface area contributed by atoms with E-state index in [2.05, 4.69) is 20.3 Å². The molecule has 4 aromatic rings. The molecule has 1 N–H and O–H groups in total. The zero-order valence-electron chi connectivity index (χ0n) is 17.8. The Bertz CT molecular complexity index is 1380. The molecule has 34 heavy (non-hydrogen) atoms. The van der Waals surface area contributed by atoms with Crippen LogP contribution in [0, 0.1) is 0 Å². The van der Waals surface area contributed by atoms with Gasteiger partial charge in [-0.15, -0.1) is 0 Å². The third-order valence-electron chi connectivity index (χ3n) is 5.01. The highest BCUT2D eigenvalue weighted by molar-refractivity contribution is 5.77. The van der Waals surface area contributed by atoms with Crippen LogP contribution in [-0.2, 0) is 24.1 Å². The second-order valence-corrected chi connectivity index (χ2v) is 7.31. The molecule has 0 fully saturated rings. The lowest BCUT2D eigenvalue weighted by Gasteiger charge is -2.09. The highest BCUT2D eigenvalue weighted by Gasteiger charge is 2.30. The lowest BCUT2D eigenvalue weighted by atomic mass is 10.1.